The number of amides is 1. The first kappa shape index (κ1) is 21.5. The highest BCUT2D eigenvalue weighted by molar-refractivity contribution is 8.18. The van der Waals surface area contributed by atoms with E-state index in [-0.39, 0.29) is 12.5 Å². The molecule has 162 valence electrons. The highest BCUT2D eigenvalue weighted by atomic mass is 32.2. The minimum Gasteiger partial charge on any atom is -0.496 e. The molecule has 1 aliphatic heterocycles. The predicted molar refractivity (Wildman–Crippen MR) is 126 cm³/mol. The molecule has 2 aromatic carbocycles. The van der Waals surface area contributed by atoms with E-state index >= 15 is 0 Å². The van der Waals surface area contributed by atoms with Gasteiger partial charge in [-0.1, -0.05) is 30.3 Å². The molecule has 0 atom stereocenters. The van der Waals surface area contributed by atoms with Crippen molar-refractivity contribution in [3.63, 3.8) is 0 Å². The van der Waals surface area contributed by atoms with Crippen molar-refractivity contribution in [3.05, 3.63) is 88.7 Å². The molecule has 0 spiro atoms. The number of furan rings is 1. The maximum absolute atomic E-state index is 13.2. The molecule has 2 heterocycles. The largest absolute Gasteiger partial charge is 0.496 e. The number of nitrogens with zero attached hydrogens (tertiary/aromatic N) is 3. The number of para-hydroxylation sites is 2. The van der Waals surface area contributed by atoms with Gasteiger partial charge in [0.2, 0.25) is 0 Å². The van der Waals surface area contributed by atoms with Gasteiger partial charge in [0, 0.05) is 11.1 Å². The second kappa shape index (κ2) is 10.0. The maximum atomic E-state index is 13.2. The Labute approximate surface area is 190 Å². The lowest BCUT2D eigenvalue weighted by molar-refractivity contribution is -0.122. The molecule has 8 heteroatoms. The second-order valence-electron chi connectivity index (χ2n) is 6.69. The fourth-order valence-corrected chi connectivity index (χ4v) is 4.05. The Morgan fingerprint density at radius 1 is 0.969 bits per heavy atom. The number of amidine groups is 1. The molecule has 0 N–H and O–H groups in total. The van der Waals surface area contributed by atoms with E-state index < -0.39 is 0 Å². The summed E-state index contributed by atoms with van der Waals surface area (Å²) in [5.74, 6) is 1.85. The zero-order chi connectivity index (χ0) is 22.3. The van der Waals surface area contributed by atoms with Gasteiger partial charge < -0.3 is 13.9 Å². The highest BCUT2D eigenvalue weighted by Crippen LogP contribution is 2.35. The normalized spacial score (nSPS) is 16.4. The molecule has 32 heavy (non-hydrogen) atoms. The molecular weight excluding hydrogens is 426 g/mol. The summed E-state index contributed by atoms with van der Waals surface area (Å²) < 4.78 is 16.2. The molecule has 1 fully saturated rings. The third-order valence-corrected chi connectivity index (χ3v) is 5.68. The summed E-state index contributed by atoms with van der Waals surface area (Å²) >= 11 is 1.25. The highest BCUT2D eigenvalue weighted by Gasteiger charge is 2.34. The van der Waals surface area contributed by atoms with Crippen LogP contribution in [0, 0.1) is 0 Å². The SMILES string of the molecule is COc1ccccc1/C=N\N=C1\S/C(=C\c2ccccc2OC)C(=O)N1Cc1ccco1. The topological polar surface area (TPSA) is 76.6 Å². The molecule has 4 rings (SSSR count). The number of methoxy groups -OCH3 is 2. The Bertz CT molecular complexity index is 1190. The van der Waals surface area contributed by atoms with Crippen LogP contribution in [0.1, 0.15) is 16.9 Å². The molecule has 7 nitrogen and oxygen atoms in total. The smallest absolute Gasteiger partial charge is 0.267 e. The summed E-state index contributed by atoms with van der Waals surface area (Å²) in [5.41, 5.74) is 1.60. The predicted octanol–water partition coefficient (Wildman–Crippen LogP) is 4.80. The number of carbonyl (C=O) groups is 1. The van der Waals surface area contributed by atoms with E-state index in [0.717, 1.165) is 11.1 Å². The van der Waals surface area contributed by atoms with E-state index in [1.807, 2.05) is 54.6 Å². The van der Waals surface area contributed by atoms with Crippen molar-refractivity contribution in [1.29, 1.82) is 0 Å². The van der Waals surface area contributed by atoms with Gasteiger partial charge >= 0.3 is 0 Å². The standard InChI is InChI=1S/C24H21N3O4S/c1-29-20-11-5-3-8-17(20)14-22-23(28)27(16-19-10-7-13-31-19)24(32-22)26-25-15-18-9-4-6-12-21(18)30-2/h3-15H,16H2,1-2H3/b22-14-,25-15-,26-24+. The Kier molecular flexibility index (Phi) is 6.72. The second-order valence-corrected chi connectivity index (χ2v) is 7.70. The first-order valence-corrected chi connectivity index (χ1v) is 10.6. The van der Waals surface area contributed by atoms with Gasteiger partial charge in [-0.05, 0) is 48.2 Å². The molecule has 3 aromatic rings. The van der Waals surface area contributed by atoms with Crippen molar-refractivity contribution in [2.24, 2.45) is 10.2 Å². The summed E-state index contributed by atoms with van der Waals surface area (Å²) in [7, 11) is 3.20. The molecule has 1 saturated heterocycles. The Hall–Kier alpha value is -3.78. The zero-order valence-corrected chi connectivity index (χ0v) is 18.4. The molecule has 1 aromatic heterocycles. The van der Waals surface area contributed by atoms with Crippen LogP contribution >= 0.6 is 11.8 Å². The van der Waals surface area contributed by atoms with E-state index in [4.69, 9.17) is 13.9 Å². The lowest BCUT2D eigenvalue weighted by Crippen LogP contribution is -2.28. The van der Waals surface area contributed by atoms with Crippen molar-refractivity contribution >= 4 is 35.1 Å². The van der Waals surface area contributed by atoms with Crippen molar-refractivity contribution in [2.45, 2.75) is 6.54 Å². The van der Waals surface area contributed by atoms with E-state index in [9.17, 15) is 4.79 Å². The molecular formula is C24H21N3O4S. The zero-order valence-electron chi connectivity index (χ0n) is 17.6. The van der Waals surface area contributed by atoms with Gasteiger partial charge in [0.1, 0.15) is 17.3 Å². The molecule has 0 saturated carbocycles. The van der Waals surface area contributed by atoms with Crippen LogP contribution in [0.25, 0.3) is 6.08 Å². The average molecular weight is 448 g/mol. The lowest BCUT2D eigenvalue weighted by Gasteiger charge is -2.12. The lowest BCUT2D eigenvalue weighted by atomic mass is 10.2. The van der Waals surface area contributed by atoms with Crippen LogP contribution in [0.2, 0.25) is 0 Å². The summed E-state index contributed by atoms with van der Waals surface area (Å²) in [6.45, 7) is 0.255. The number of hydrogen-bond donors (Lipinski definition) is 0. The van der Waals surface area contributed by atoms with Crippen molar-refractivity contribution < 1.29 is 18.7 Å². The third kappa shape index (κ3) is 4.76. The van der Waals surface area contributed by atoms with Crippen LogP contribution in [-0.4, -0.2) is 36.4 Å². The molecule has 0 aliphatic carbocycles. The van der Waals surface area contributed by atoms with E-state index in [1.54, 1.807) is 43.7 Å². The molecule has 1 amide bonds. The van der Waals surface area contributed by atoms with Gasteiger partial charge in [-0.15, -0.1) is 5.10 Å². The van der Waals surface area contributed by atoms with Crippen molar-refractivity contribution in [1.82, 2.24) is 4.90 Å². The fraction of sp³-hybridized carbons (Fsp3) is 0.125. The van der Waals surface area contributed by atoms with Gasteiger partial charge in [-0.3, -0.25) is 9.69 Å². The monoisotopic (exact) mass is 447 g/mol. The van der Waals surface area contributed by atoms with Gasteiger partial charge in [-0.25, -0.2) is 0 Å². The van der Waals surface area contributed by atoms with Gasteiger partial charge in [0.25, 0.3) is 5.91 Å². The van der Waals surface area contributed by atoms with E-state index in [1.165, 1.54) is 11.8 Å². The summed E-state index contributed by atoms with van der Waals surface area (Å²) in [4.78, 5) is 15.2. The van der Waals surface area contributed by atoms with E-state index in [2.05, 4.69) is 10.2 Å². The van der Waals surface area contributed by atoms with Gasteiger partial charge in [0.15, 0.2) is 5.17 Å². The third-order valence-electron chi connectivity index (χ3n) is 4.69. The van der Waals surface area contributed by atoms with E-state index in [0.29, 0.717) is 27.3 Å². The quantitative estimate of drug-likeness (QED) is 0.295. The van der Waals surface area contributed by atoms with Gasteiger partial charge in [-0.2, -0.15) is 5.10 Å². The summed E-state index contributed by atoms with van der Waals surface area (Å²) in [6, 6.07) is 18.6. The minimum absolute atomic E-state index is 0.177. The van der Waals surface area contributed by atoms with Gasteiger partial charge in [0.05, 0.1) is 38.1 Å². The molecule has 0 radical (unpaired) electrons. The number of carbonyl (C=O) groups excluding carboxylic acids is 1. The van der Waals surface area contributed by atoms with Crippen LogP contribution in [0.15, 0.2) is 86.5 Å². The van der Waals surface area contributed by atoms with Crippen LogP contribution in [0.3, 0.4) is 0 Å². The first-order chi connectivity index (χ1) is 15.7. The molecule has 0 unspecified atom stereocenters. The summed E-state index contributed by atoms with van der Waals surface area (Å²) in [5, 5.41) is 8.99. The number of benzene rings is 2. The number of hydrogen-bond acceptors (Lipinski definition) is 7. The maximum Gasteiger partial charge on any atom is 0.267 e. The number of rotatable bonds is 7. The fourth-order valence-electron chi connectivity index (χ4n) is 3.12. The Morgan fingerprint density at radius 2 is 1.66 bits per heavy atom. The number of ether oxygens (including phenoxy) is 2. The molecule has 1 aliphatic rings. The van der Waals surface area contributed by atoms with Crippen LogP contribution in [-0.2, 0) is 11.3 Å². The Balaban J connectivity index is 1.65. The molecule has 0 bridgehead atoms. The number of thioether (sulfide) groups is 1. The minimum atomic E-state index is -0.177. The van der Waals surface area contributed by atoms with Crippen molar-refractivity contribution in [3.8, 4) is 11.5 Å². The average Bonchev–Trinajstić information content (AvgIpc) is 3.44. The van der Waals surface area contributed by atoms with Crippen LogP contribution < -0.4 is 9.47 Å². The first-order valence-electron chi connectivity index (χ1n) is 9.80. The Morgan fingerprint density at radius 3 is 2.34 bits per heavy atom. The van der Waals surface area contributed by atoms with Crippen LogP contribution in [0.5, 0.6) is 11.5 Å². The van der Waals surface area contributed by atoms with Crippen LogP contribution in [0.4, 0.5) is 0 Å². The summed E-state index contributed by atoms with van der Waals surface area (Å²) in [6.07, 6.45) is 4.97. The van der Waals surface area contributed by atoms with Crippen molar-refractivity contribution in [2.75, 3.05) is 14.2 Å².